The lowest BCUT2D eigenvalue weighted by Crippen LogP contribution is -2.54. The van der Waals surface area contributed by atoms with Crippen LogP contribution in [0, 0.1) is 5.92 Å². The summed E-state index contributed by atoms with van der Waals surface area (Å²) in [6.45, 7) is 2.24. The van der Waals surface area contributed by atoms with Crippen molar-refractivity contribution >= 4 is 11.6 Å². The second-order valence-electron chi connectivity index (χ2n) is 2.92. The van der Waals surface area contributed by atoms with Crippen LogP contribution in [-0.4, -0.2) is 31.7 Å². The number of fused-ring (bicyclic) bond motifs is 3. The van der Waals surface area contributed by atoms with E-state index in [1.54, 1.807) is 0 Å². The van der Waals surface area contributed by atoms with Gasteiger partial charge in [0, 0.05) is 18.2 Å². The Hall–Kier alpha value is 0.170. The lowest BCUT2D eigenvalue weighted by atomic mass is 10.1. The highest BCUT2D eigenvalue weighted by molar-refractivity contribution is 6.17. The fraction of sp³-hybridized carbons (Fsp3) is 1.00. The Morgan fingerprint density at radius 1 is 1.18 bits per heavy atom. The highest BCUT2D eigenvalue weighted by Gasteiger charge is 2.43. The molecule has 11 heavy (non-hydrogen) atoms. The largest absolute Gasteiger partial charge is 0.327 e. The summed E-state index contributed by atoms with van der Waals surface area (Å²) in [5.41, 5.74) is 0. The highest BCUT2D eigenvalue weighted by atomic mass is 35.5. The third-order valence-electron chi connectivity index (χ3n) is 2.02. The van der Waals surface area contributed by atoms with Gasteiger partial charge < -0.3 is 14.2 Å². The molecule has 3 nitrogen and oxygen atoms in total. The molecule has 0 saturated carbocycles. The Kier molecular flexibility index (Phi) is 2.06. The molecule has 0 aromatic rings. The Bertz CT molecular complexity index is 123. The van der Waals surface area contributed by atoms with Gasteiger partial charge in [0.15, 0.2) is 0 Å². The summed E-state index contributed by atoms with van der Waals surface area (Å²) in [4.78, 5) is 0. The summed E-state index contributed by atoms with van der Waals surface area (Å²) in [6, 6.07) is 0. The molecule has 0 atom stereocenters. The van der Waals surface area contributed by atoms with E-state index < -0.39 is 5.97 Å². The summed E-state index contributed by atoms with van der Waals surface area (Å²) in [6.07, 6.45) is 0.612. The van der Waals surface area contributed by atoms with Gasteiger partial charge in [-0.15, -0.1) is 11.6 Å². The maximum absolute atomic E-state index is 5.58. The predicted molar refractivity (Wildman–Crippen MR) is 39.4 cm³/mol. The Morgan fingerprint density at radius 2 is 1.73 bits per heavy atom. The summed E-state index contributed by atoms with van der Waals surface area (Å²) >= 11 is 5.58. The van der Waals surface area contributed by atoms with Crippen molar-refractivity contribution in [2.45, 2.75) is 12.4 Å². The van der Waals surface area contributed by atoms with Crippen LogP contribution >= 0.6 is 11.6 Å². The molecule has 0 spiro atoms. The van der Waals surface area contributed by atoms with Gasteiger partial charge in [0.2, 0.25) is 0 Å². The summed E-state index contributed by atoms with van der Waals surface area (Å²) in [5, 5.41) is 0. The first-order valence-corrected chi connectivity index (χ1v) is 4.36. The minimum absolute atomic E-state index is 0.423. The van der Waals surface area contributed by atoms with E-state index in [0.29, 0.717) is 18.2 Å². The molecule has 0 amide bonds. The number of rotatable bonds is 2. The van der Waals surface area contributed by atoms with Gasteiger partial charge in [0.05, 0.1) is 19.8 Å². The van der Waals surface area contributed by atoms with Crippen molar-refractivity contribution in [3.05, 3.63) is 0 Å². The average molecular weight is 179 g/mol. The van der Waals surface area contributed by atoms with E-state index >= 15 is 0 Å². The SMILES string of the molecule is ClCCC12OCC(CO1)CO2. The zero-order valence-electron chi connectivity index (χ0n) is 6.22. The van der Waals surface area contributed by atoms with E-state index in [4.69, 9.17) is 25.8 Å². The maximum atomic E-state index is 5.58. The monoisotopic (exact) mass is 178 g/mol. The Labute approximate surface area is 70.6 Å². The lowest BCUT2D eigenvalue weighted by Gasteiger charge is -2.44. The minimum Gasteiger partial charge on any atom is -0.327 e. The van der Waals surface area contributed by atoms with Gasteiger partial charge in [-0.1, -0.05) is 0 Å². The maximum Gasteiger partial charge on any atom is 0.284 e. The van der Waals surface area contributed by atoms with Crippen molar-refractivity contribution in [3.63, 3.8) is 0 Å². The standard InChI is InChI=1S/C7H11ClO3/c8-2-1-7-9-3-6(4-10-7)5-11-7/h6H,1-5H2. The molecule has 0 radical (unpaired) electrons. The molecule has 3 rings (SSSR count). The molecule has 0 aromatic heterocycles. The molecule has 0 unspecified atom stereocenters. The van der Waals surface area contributed by atoms with Gasteiger partial charge in [-0.05, 0) is 0 Å². The van der Waals surface area contributed by atoms with Crippen LogP contribution < -0.4 is 0 Å². The zero-order valence-corrected chi connectivity index (χ0v) is 6.97. The van der Waals surface area contributed by atoms with Gasteiger partial charge in [-0.3, -0.25) is 0 Å². The number of hydrogen-bond donors (Lipinski definition) is 0. The van der Waals surface area contributed by atoms with Crippen molar-refractivity contribution in [3.8, 4) is 0 Å². The summed E-state index contributed by atoms with van der Waals surface area (Å²) in [5.74, 6) is 0.133. The van der Waals surface area contributed by atoms with Crippen LogP contribution in [0.3, 0.4) is 0 Å². The van der Waals surface area contributed by atoms with Crippen molar-refractivity contribution in [2.75, 3.05) is 25.7 Å². The smallest absolute Gasteiger partial charge is 0.284 e. The van der Waals surface area contributed by atoms with Gasteiger partial charge >= 0.3 is 0 Å². The molecule has 4 heteroatoms. The van der Waals surface area contributed by atoms with E-state index in [-0.39, 0.29) is 0 Å². The number of halogens is 1. The molecule has 3 aliphatic heterocycles. The fourth-order valence-electron chi connectivity index (χ4n) is 1.34. The van der Waals surface area contributed by atoms with E-state index in [1.807, 2.05) is 0 Å². The van der Waals surface area contributed by atoms with Crippen molar-refractivity contribution in [1.29, 1.82) is 0 Å². The van der Waals surface area contributed by atoms with Gasteiger partial charge in [-0.25, -0.2) is 0 Å². The van der Waals surface area contributed by atoms with Crippen LogP contribution in [0.5, 0.6) is 0 Å². The predicted octanol–water partition coefficient (Wildman–Crippen LogP) is 0.962. The van der Waals surface area contributed by atoms with Crippen LogP contribution in [0.1, 0.15) is 6.42 Å². The average Bonchev–Trinajstić information content (AvgIpc) is 2.07. The normalized spacial score (nSPS) is 42.8. The zero-order chi connectivity index (χ0) is 7.73. The Morgan fingerprint density at radius 3 is 2.18 bits per heavy atom. The third-order valence-corrected chi connectivity index (χ3v) is 2.21. The Balaban J connectivity index is 2.00. The van der Waals surface area contributed by atoms with E-state index in [1.165, 1.54) is 0 Å². The molecule has 3 saturated heterocycles. The van der Waals surface area contributed by atoms with Crippen LogP contribution in [0.25, 0.3) is 0 Å². The van der Waals surface area contributed by atoms with Crippen LogP contribution in [-0.2, 0) is 14.2 Å². The van der Waals surface area contributed by atoms with Gasteiger partial charge in [-0.2, -0.15) is 0 Å². The van der Waals surface area contributed by atoms with Crippen molar-refractivity contribution < 1.29 is 14.2 Å². The molecule has 0 aliphatic carbocycles. The molecular formula is C7H11ClO3. The topological polar surface area (TPSA) is 27.7 Å². The number of hydrogen-bond acceptors (Lipinski definition) is 3. The van der Waals surface area contributed by atoms with Gasteiger partial charge in [0.1, 0.15) is 0 Å². The first kappa shape index (κ1) is 7.80. The minimum atomic E-state index is -0.795. The van der Waals surface area contributed by atoms with E-state index in [9.17, 15) is 0 Å². The number of ether oxygens (including phenoxy) is 3. The second-order valence-corrected chi connectivity index (χ2v) is 3.30. The third kappa shape index (κ3) is 1.38. The van der Waals surface area contributed by atoms with Crippen LogP contribution in [0.2, 0.25) is 0 Å². The van der Waals surface area contributed by atoms with Crippen LogP contribution in [0.15, 0.2) is 0 Å². The van der Waals surface area contributed by atoms with Crippen molar-refractivity contribution in [1.82, 2.24) is 0 Å². The molecule has 0 N–H and O–H groups in total. The van der Waals surface area contributed by atoms with Crippen LogP contribution in [0.4, 0.5) is 0 Å². The molecular weight excluding hydrogens is 168 g/mol. The molecule has 3 fully saturated rings. The van der Waals surface area contributed by atoms with Crippen molar-refractivity contribution in [2.24, 2.45) is 5.92 Å². The van der Waals surface area contributed by atoms with E-state index in [2.05, 4.69) is 0 Å². The van der Waals surface area contributed by atoms with E-state index in [0.717, 1.165) is 19.8 Å². The lowest BCUT2D eigenvalue weighted by molar-refractivity contribution is -0.448. The molecule has 3 aliphatic rings. The fourth-order valence-corrected chi connectivity index (χ4v) is 1.57. The quantitative estimate of drug-likeness (QED) is 0.590. The molecule has 64 valence electrons. The first-order valence-electron chi connectivity index (χ1n) is 3.82. The highest BCUT2D eigenvalue weighted by Crippen LogP contribution is 2.32. The number of alkyl halides is 1. The summed E-state index contributed by atoms with van der Waals surface area (Å²) < 4.78 is 16.1. The molecule has 2 bridgehead atoms. The van der Waals surface area contributed by atoms with Gasteiger partial charge in [0.25, 0.3) is 5.97 Å². The molecule has 3 heterocycles. The molecule has 0 aromatic carbocycles. The first-order chi connectivity index (χ1) is 5.35. The second kappa shape index (κ2) is 2.90. The summed E-state index contributed by atoms with van der Waals surface area (Å²) in [7, 11) is 0.